The van der Waals surface area contributed by atoms with Crippen molar-refractivity contribution in [1.82, 2.24) is 4.90 Å². The van der Waals surface area contributed by atoms with Crippen molar-refractivity contribution in [3.63, 3.8) is 0 Å². The SMILES string of the molecule is CCS(=O)(=O)Nc1ccccc1C(=O)N1CCC(C(C)N)CC1.Cl. The third-order valence-electron chi connectivity index (χ3n) is 4.37. The zero-order valence-corrected chi connectivity index (χ0v) is 15.7. The molecule has 0 aromatic heterocycles. The van der Waals surface area contributed by atoms with E-state index in [0.29, 0.717) is 30.3 Å². The van der Waals surface area contributed by atoms with Crippen molar-refractivity contribution in [1.29, 1.82) is 0 Å². The van der Waals surface area contributed by atoms with Crippen LogP contribution >= 0.6 is 12.4 Å². The lowest BCUT2D eigenvalue weighted by atomic mass is 9.90. The Morgan fingerprint density at radius 3 is 2.46 bits per heavy atom. The van der Waals surface area contributed by atoms with Crippen LogP contribution in [-0.4, -0.2) is 44.1 Å². The molecule has 1 aliphatic rings. The molecule has 1 amide bonds. The zero-order valence-electron chi connectivity index (χ0n) is 14.1. The molecule has 136 valence electrons. The number of benzene rings is 1. The van der Waals surface area contributed by atoms with E-state index >= 15 is 0 Å². The Balaban J connectivity index is 0.00000288. The molecule has 6 nitrogen and oxygen atoms in total. The molecular formula is C16H26ClN3O3S. The average molecular weight is 376 g/mol. The minimum absolute atomic E-state index is 0. The molecule has 0 bridgehead atoms. The minimum Gasteiger partial charge on any atom is -0.339 e. The number of nitrogens with one attached hydrogen (secondary N) is 1. The highest BCUT2D eigenvalue weighted by molar-refractivity contribution is 7.92. The van der Waals surface area contributed by atoms with Gasteiger partial charge < -0.3 is 10.6 Å². The van der Waals surface area contributed by atoms with Crippen LogP contribution < -0.4 is 10.5 Å². The van der Waals surface area contributed by atoms with E-state index < -0.39 is 10.0 Å². The Labute approximate surface area is 150 Å². The number of hydrogen-bond donors (Lipinski definition) is 2. The van der Waals surface area contributed by atoms with Crippen molar-refractivity contribution in [3.8, 4) is 0 Å². The van der Waals surface area contributed by atoms with E-state index in [1.165, 1.54) is 0 Å². The third kappa shape index (κ3) is 5.09. The Hall–Kier alpha value is -1.31. The van der Waals surface area contributed by atoms with E-state index in [4.69, 9.17) is 5.73 Å². The summed E-state index contributed by atoms with van der Waals surface area (Å²) in [5.41, 5.74) is 6.66. The summed E-state index contributed by atoms with van der Waals surface area (Å²) in [6.07, 6.45) is 1.76. The number of nitrogens with zero attached hydrogens (tertiary/aromatic N) is 1. The fourth-order valence-electron chi connectivity index (χ4n) is 2.80. The molecule has 0 aliphatic carbocycles. The molecule has 1 heterocycles. The number of sulfonamides is 1. The van der Waals surface area contributed by atoms with Crippen LogP contribution in [0, 0.1) is 5.92 Å². The Morgan fingerprint density at radius 1 is 1.33 bits per heavy atom. The van der Waals surface area contributed by atoms with E-state index in [1.54, 1.807) is 36.1 Å². The number of piperidine rings is 1. The van der Waals surface area contributed by atoms with Crippen molar-refractivity contribution in [2.24, 2.45) is 11.7 Å². The summed E-state index contributed by atoms with van der Waals surface area (Å²) in [5.74, 6) is 0.269. The Bertz CT molecular complexity index is 656. The maximum atomic E-state index is 12.7. The minimum atomic E-state index is -3.42. The van der Waals surface area contributed by atoms with Gasteiger partial charge in [0.1, 0.15) is 0 Å². The predicted octanol–water partition coefficient (Wildman–Crippen LogP) is 2.07. The van der Waals surface area contributed by atoms with E-state index in [9.17, 15) is 13.2 Å². The van der Waals surface area contributed by atoms with Crippen molar-refractivity contribution < 1.29 is 13.2 Å². The first-order valence-electron chi connectivity index (χ1n) is 7.98. The van der Waals surface area contributed by atoms with Crippen LogP contribution in [0.15, 0.2) is 24.3 Å². The highest BCUT2D eigenvalue weighted by Gasteiger charge is 2.27. The summed E-state index contributed by atoms with van der Waals surface area (Å²) in [4.78, 5) is 14.5. The molecule has 3 N–H and O–H groups in total. The van der Waals surface area contributed by atoms with Gasteiger partial charge in [0.2, 0.25) is 10.0 Å². The van der Waals surface area contributed by atoms with E-state index in [1.807, 2.05) is 6.92 Å². The quantitative estimate of drug-likeness (QED) is 0.823. The fraction of sp³-hybridized carbons (Fsp3) is 0.562. The lowest BCUT2D eigenvalue weighted by Gasteiger charge is -2.34. The van der Waals surface area contributed by atoms with Crippen molar-refractivity contribution >= 4 is 34.0 Å². The monoisotopic (exact) mass is 375 g/mol. The van der Waals surface area contributed by atoms with Gasteiger partial charge in [0, 0.05) is 19.1 Å². The first kappa shape index (κ1) is 20.7. The van der Waals surface area contributed by atoms with Gasteiger partial charge in [0.25, 0.3) is 5.91 Å². The van der Waals surface area contributed by atoms with E-state index in [2.05, 4.69) is 4.72 Å². The molecule has 1 atom stereocenters. The summed E-state index contributed by atoms with van der Waals surface area (Å²) in [6.45, 7) is 4.86. The topological polar surface area (TPSA) is 92.5 Å². The molecule has 0 saturated carbocycles. The summed E-state index contributed by atoms with van der Waals surface area (Å²) >= 11 is 0. The first-order chi connectivity index (χ1) is 10.8. The number of anilines is 1. The normalized spacial score (nSPS) is 17.0. The van der Waals surface area contributed by atoms with Gasteiger partial charge in [0.15, 0.2) is 0 Å². The second-order valence-electron chi connectivity index (χ2n) is 6.04. The average Bonchev–Trinajstić information content (AvgIpc) is 2.54. The standard InChI is InChI=1S/C16H25N3O3S.ClH/c1-3-23(21,22)18-15-7-5-4-6-14(15)16(20)19-10-8-13(9-11-19)12(2)17;/h4-7,12-13,18H,3,8-11,17H2,1-2H3;1H. The molecule has 1 fully saturated rings. The number of amides is 1. The molecule has 1 aliphatic heterocycles. The third-order valence-corrected chi connectivity index (χ3v) is 5.66. The number of hydrogen-bond acceptors (Lipinski definition) is 4. The predicted molar refractivity (Wildman–Crippen MR) is 99.1 cm³/mol. The van der Waals surface area contributed by atoms with Crippen LogP contribution in [0.4, 0.5) is 5.69 Å². The number of halogens is 1. The molecule has 0 radical (unpaired) electrons. The molecule has 0 spiro atoms. The maximum absolute atomic E-state index is 12.7. The Morgan fingerprint density at radius 2 is 1.92 bits per heavy atom. The molecule has 1 unspecified atom stereocenters. The molecule has 2 rings (SSSR count). The van der Waals surface area contributed by atoms with Gasteiger partial charge in [-0.1, -0.05) is 12.1 Å². The maximum Gasteiger partial charge on any atom is 0.255 e. The summed E-state index contributed by atoms with van der Waals surface area (Å²) in [6, 6.07) is 6.87. The van der Waals surface area contributed by atoms with Gasteiger partial charge in [-0.15, -0.1) is 12.4 Å². The highest BCUT2D eigenvalue weighted by Crippen LogP contribution is 2.24. The number of para-hydroxylation sites is 1. The second-order valence-corrected chi connectivity index (χ2v) is 8.05. The van der Waals surface area contributed by atoms with Crippen LogP contribution in [0.1, 0.15) is 37.0 Å². The summed E-state index contributed by atoms with van der Waals surface area (Å²) < 4.78 is 26.1. The molecule has 24 heavy (non-hydrogen) atoms. The van der Waals surface area contributed by atoms with Crippen molar-refractivity contribution in [3.05, 3.63) is 29.8 Å². The molecular weight excluding hydrogens is 350 g/mol. The largest absolute Gasteiger partial charge is 0.339 e. The lowest BCUT2D eigenvalue weighted by molar-refractivity contribution is 0.0682. The number of carbonyl (C=O) groups excluding carboxylic acids is 1. The van der Waals surface area contributed by atoms with Gasteiger partial charge in [-0.05, 0) is 44.7 Å². The van der Waals surface area contributed by atoms with Gasteiger partial charge in [-0.3, -0.25) is 9.52 Å². The zero-order chi connectivity index (χ0) is 17.0. The molecule has 1 saturated heterocycles. The van der Waals surface area contributed by atoms with Gasteiger partial charge in [-0.25, -0.2) is 8.42 Å². The summed E-state index contributed by atoms with van der Waals surface area (Å²) in [7, 11) is -3.42. The van der Waals surface area contributed by atoms with Crippen LogP contribution in [0.5, 0.6) is 0 Å². The van der Waals surface area contributed by atoms with Crippen LogP contribution in [-0.2, 0) is 10.0 Å². The number of carbonyl (C=O) groups is 1. The lowest BCUT2D eigenvalue weighted by Crippen LogP contribution is -2.42. The number of nitrogens with two attached hydrogens (primary N) is 1. The van der Waals surface area contributed by atoms with Gasteiger partial charge >= 0.3 is 0 Å². The highest BCUT2D eigenvalue weighted by atomic mass is 35.5. The van der Waals surface area contributed by atoms with Crippen LogP contribution in [0.2, 0.25) is 0 Å². The molecule has 8 heteroatoms. The van der Waals surface area contributed by atoms with Crippen molar-refractivity contribution in [2.75, 3.05) is 23.6 Å². The first-order valence-corrected chi connectivity index (χ1v) is 9.63. The van der Waals surface area contributed by atoms with Crippen molar-refractivity contribution in [2.45, 2.75) is 32.7 Å². The fourth-order valence-corrected chi connectivity index (χ4v) is 3.45. The number of rotatable bonds is 5. The van der Waals surface area contributed by atoms with Crippen LogP contribution in [0.3, 0.4) is 0 Å². The second kappa shape index (κ2) is 8.69. The molecule has 1 aromatic rings. The van der Waals surface area contributed by atoms with Gasteiger partial charge in [0.05, 0.1) is 17.0 Å². The Kier molecular flexibility index (Phi) is 7.51. The smallest absolute Gasteiger partial charge is 0.255 e. The summed E-state index contributed by atoms with van der Waals surface area (Å²) in [5, 5.41) is 0. The van der Waals surface area contributed by atoms with E-state index in [-0.39, 0.29) is 30.1 Å². The van der Waals surface area contributed by atoms with Gasteiger partial charge in [-0.2, -0.15) is 0 Å². The molecule has 1 aromatic carbocycles. The van der Waals surface area contributed by atoms with Crippen LogP contribution in [0.25, 0.3) is 0 Å². The number of likely N-dealkylation sites (tertiary alicyclic amines) is 1. The van der Waals surface area contributed by atoms with E-state index in [0.717, 1.165) is 12.8 Å².